The number of fused-ring (bicyclic) bond motifs is 1. The number of para-hydroxylation sites is 1. The van der Waals surface area contributed by atoms with Crippen molar-refractivity contribution in [2.75, 3.05) is 6.54 Å². The second-order valence-electron chi connectivity index (χ2n) is 8.40. The van der Waals surface area contributed by atoms with Gasteiger partial charge in [0.1, 0.15) is 6.04 Å². The van der Waals surface area contributed by atoms with E-state index in [1.807, 2.05) is 30.5 Å². The molecule has 2 fully saturated rings. The van der Waals surface area contributed by atoms with E-state index in [0.29, 0.717) is 19.4 Å². The smallest absolute Gasteiger partial charge is 0.324 e. The van der Waals surface area contributed by atoms with Crippen LogP contribution < -0.4 is 10.6 Å². The predicted octanol–water partition coefficient (Wildman–Crippen LogP) is 3.25. The quantitative estimate of drug-likeness (QED) is 0.483. The van der Waals surface area contributed by atoms with Gasteiger partial charge < -0.3 is 15.6 Å². The van der Waals surface area contributed by atoms with Gasteiger partial charge in [-0.2, -0.15) is 0 Å². The number of nitrogens with zero attached hydrogens (tertiary/aromatic N) is 1. The molecular weight excluding hydrogens is 380 g/mol. The van der Waals surface area contributed by atoms with Crippen LogP contribution in [0.3, 0.4) is 0 Å². The van der Waals surface area contributed by atoms with Gasteiger partial charge in [0.05, 0.1) is 0 Å². The number of nitrogens with one attached hydrogen (secondary N) is 3. The minimum absolute atomic E-state index is 0.0267. The minimum Gasteiger partial charge on any atom is -0.361 e. The third-order valence-corrected chi connectivity index (χ3v) is 6.27. The summed E-state index contributed by atoms with van der Waals surface area (Å²) in [5.41, 5.74) is 2.12. The van der Waals surface area contributed by atoms with Gasteiger partial charge >= 0.3 is 6.03 Å². The maximum Gasteiger partial charge on any atom is 0.324 e. The standard InChI is InChI=1S/C23H30N4O3/c28-21(25-17-7-3-1-2-4-8-17)12-11-20-22(29)27(23(30)26-20)14-13-16-15-24-19-10-6-5-9-18(16)19/h5-6,9-10,15,17,20,24H,1-4,7-8,11-14H2,(H,25,28)(H,26,30). The number of hydrogen-bond donors (Lipinski definition) is 3. The summed E-state index contributed by atoms with van der Waals surface area (Å²) >= 11 is 0. The molecule has 0 radical (unpaired) electrons. The van der Waals surface area contributed by atoms with Crippen LogP contribution in [-0.4, -0.2) is 46.4 Å². The summed E-state index contributed by atoms with van der Waals surface area (Å²) in [6.45, 7) is 0.331. The Bertz CT molecular complexity index is 914. The fourth-order valence-electron chi connectivity index (χ4n) is 4.55. The van der Waals surface area contributed by atoms with E-state index >= 15 is 0 Å². The van der Waals surface area contributed by atoms with Crippen molar-refractivity contribution >= 4 is 28.7 Å². The van der Waals surface area contributed by atoms with Crippen molar-refractivity contribution in [1.82, 2.24) is 20.5 Å². The average molecular weight is 411 g/mol. The number of carbonyl (C=O) groups excluding carboxylic acids is 3. The summed E-state index contributed by atoms with van der Waals surface area (Å²) in [4.78, 5) is 41.8. The molecular formula is C23H30N4O3. The predicted molar refractivity (Wildman–Crippen MR) is 115 cm³/mol. The molecule has 0 spiro atoms. The van der Waals surface area contributed by atoms with E-state index in [0.717, 1.165) is 42.1 Å². The first-order valence-corrected chi connectivity index (χ1v) is 11.1. The average Bonchev–Trinajstić information content (AvgIpc) is 3.14. The van der Waals surface area contributed by atoms with E-state index in [2.05, 4.69) is 15.6 Å². The number of benzene rings is 1. The van der Waals surface area contributed by atoms with Crippen molar-refractivity contribution in [3.63, 3.8) is 0 Å². The molecule has 1 atom stereocenters. The molecule has 30 heavy (non-hydrogen) atoms. The summed E-state index contributed by atoms with van der Waals surface area (Å²) in [5.74, 6) is -0.261. The molecule has 1 unspecified atom stereocenters. The van der Waals surface area contributed by atoms with E-state index in [1.165, 1.54) is 17.7 Å². The summed E-state index contributed by atoms with van der Waals surface area (Å²) in [6, 6.07) is 7.25. The Kier molecular flexibility index (Phi) is 6.35. The minimum atomic E-state index is -0.611. The fraction of sp³-hybridized carbons (Fsp3) is 0.522. The highest BCUT2D eigenvalue weighted by atomic mass is 16.2. The number of carbonyl (C=O) groups is 3. The molecule has 4 rings (SSSR count). The van der Waals surface area contributed by atoms with Crippen LogP contribution in [0.5, 0.6) is 0 Å². The van der Waals surface area contributed by atoms with Crippen molar-refractivity contribution < 1.29 is 14.4 Å². The van der Waals surface area contributed by atoms with Gasteiger partial charge in [-0.05, 0) is 37.3 Å². The van der Waals surface area contributed by atoms with Crippen molar-refractivity contribution in [2.45, 2.75) is 69.9 Å². The van der Waals surface area contributed by atoms with Gasteiger partial charge in [0.25, 0.3) is 5.91 Å². The first kappa shape index (κ1) is 20.4. The molecule has 0 bridgehead atoms. The van der Waals surface area contributed by atoms with Gasteiger partial charge in [-0.25, -0.2) is 4.79 Å². The molecule has 4 amide bonds. The first-order chi connectivity index (χ1) is 14.6. The molecule has 7 nitrogen and oxygen atoms in total. The molecule has 2 aliphatic rings. The van der Waals surface area contributed by atoms with E-state index in [9.17, 15) is 14.4 Å². The molecule has 2 heterocycles. The van der Waals surface area contributed by atoms with Crippen LogP contribution in [-0.2, 0) is 16.0 Å². The fourth-order valence-corrected chi connectivity index (χ4v) is 4.55. The number of imide groups is 1. The monoisotopic (exact) mass is 410 g/mol. The Morgan fingerprint density at radius 3 is 2.67 bits per heavy atom. The lowest BCUT2D eigenvalue weighted by atomic mass is 10.1. The van der Waals surface area contributed by atoms with Gasteiger partial charge in [-0.1, -0.05) is 43.9 Å². The molecule has 160 valence electrons. The molecule has 2 aromatic rings. The van der Waals surface area contributed by atoms with Crippen LogP contribution in [0.4, 0.5) is 4.79 Å². The molecule has 1 aromatic carbocycles. The van der Waals surface area contributed by atoms with Crippen molar-refractivity contribution in [1.29, 1.82) is 0 Å². The SMILES string of the molecule is O=C(CCC1NC(=O)N(CCc2c[nH]c3ccccc23)C1=O)NC1CCCCCC1. The van der Waals surface area contributed by atoms with E-state index < -0.39 is 6.04 Å². The number of urea groups is 1. The molecule has 1 saturated heterocycles. The topological polar surface area (TPSA) is 94.3 Å². The third-order valence-electron chi connectivity index (χ3n) is 6.27. The van der Waals surface area contributed by atoms with Crippen LogP contribution in [0, 0.1) is 0 Å². The third kappa shape index (κ3) is 4.66. The molecule has 1 saturated carbocycles. The maximum absolute atomic E-state index is 12.7. The molecule has 7 heteroatoms. The lowest BCUT2D eigenvalue weighted by molar-refractivity contribution is -0.127. The Labute approximate surface area is 176 Å². The summed E-state index contributed by atoms with van der Waals surface area (Å²) in [5, 5.41) is 6.95. The molecule has 1 aliphatic carbocycles. The van der Waals surface area contributed by atoms with Gasteiger partial charge in [-0.3, -0.25) is 14.5 Å². The Morgan fingerprint density at radius 1 is 1.10 bits per heavy atom. The Hall–Kier alpha value is -2.83. The summed E-state index contributed by atoms with van der Waals surface area (Å²) < 4.78 is 0. The zero-order valence-corrected chi connectivity index (χ0v) is 17.3. The highest BCUT2D eigenvalue weighted by Crippen LogP contribution is 2.20. The van der Waals surface area contributed by atoms with Crippen molar-refractivity contribution in [3.8, 4) is 0 Å². The number of aromatic amines is 1. The number of rotatable bonds is 7. The normalized spacial score (nSPS) is 20.4. The lowest BCUT2D eigenvalue weighted by Crippen LogP contribution is -2.36. The number of amides is 4. The zero-order chi connectivity index (χ0) is 20.9. The van der Waals surface area contributed by atoms with Gasteiger partial charge in [-0.15, -0.1) is 0 Å². The number of aromatic nitrogens is 1. The Morgan fingerprint density at radius 2 is 1.87 bits per heavy atom. The first-order valence-electron chi connectivity index (χ1n) is 11.1. The molecule has 3 N–H and O–H groups in total. The van der Waals surface area contributed by atoms with E-state index in [4.69, 9.17) is 0 Å². The van der Waals surface area contributed by atoms with Crippen LogP contribution in [0.15, 0.2) is 30.5 Å². The van der Waals surface area contributed by atoms with Gasteiger partial charge in [0.2, 0.25) is 5.91 Å². The van der Waals surface area contributed by atoms with Crippen LogP contribution in [0.2, 0.25) is 0 Å². The summed E-state index contributed by atoms with van der Waals surface area (Å²) in [7, 11) is 0. The highest BCUT2D eigenvalue weighted by molar-refractivity contribution is 6.04. The lowest BCUT2D eigenvalue weighted by Gasteiger charge is -2.17. The summed E-state index contributed by atoms with van der Waals surface area (Å²) in [6.07, 6.45) is 9.99. The maximum atomic E-state index is 12.7. The van der Waals surface area contributed by atoms with Crippen molar-refractivity contribution in [3.05, 3.63) is 36.0 Å². The zero-order valence-electron chi connectivity index (χ0n) is 17.3. The largest absolute Gasteiger partial charge is 0.361 e. The van der Waals surface area contributed by atoms with Crippen molar-refractivity contribution in [2.24, 2.45) is 0 Å². The van der Waals surface area contributed by atoms with E-state index in [1.54, 1.807) is 0 Å². The number of H-pyrrole nitrogens is 1. The van der Waals surface area contributed by atoms with Crippen LogP contribution >= 0.6 is 0 Å². The van der Waals surface area contributed by atoms with Crippen LogP contribution in [0.1, 0.15) is 56.9 Å². The Balaban J connectivity index is 1.26. The second kappa shape index (κ2) is 9.32. The second-order valence-corrected chi connectivity index (χ2v) is 8.40. The van der Waals surface area contributed by atoms with Gasteiger partial charge in [0.15, 0.2) is 0 Å². The molecule has 1 aromatic heterocycles. The highest BCUT2D eigenvalue weighted by Gasteiger charge is 2.37. The molecule has 1 aliphatic heterocycles. The van der Waals surface area contributed by atoms with E-state index in [-0.39, 0.29) is 30.3 Å². The van der Waals surface area contributed by atoms with Crippen LogP contribution in [0.25, 0.3) is 10.9 Å². The van der Waals surface area contributed by atoms with Gasteiger partial charge in [0, 0.05) is 36.1 Å². The number of hydrogen-bond acceptors (Lipinski definition) is 3.